The summed E-state index contributed by atoms with van der Waals surface area (Å²) in [6.45, 7) is 4.15. The first-order valence-corrected chi connectivity index (χ1v) is 4.17. The zero-order valence-corrected chi connectivity index (χ0v) is 7.67. The second kappa shape index (κ2) is 3.83. The smallest absolute Gasteiger partial charge is 0.282 e. The maximum absolute atomic E-state index is 12.2. The summed E-state index contributed by atoms with van der Waals surface area (Å²) in [5, 5.41) is 3.74. The highest BCUT2D eigenvalue weighted by Gasteiger charge is 2.16. The highest BCUT2D eigenvalue weighted by Crippen LogP contribution is 2.20. The van der Waals surface area contributed by atoms with Gasteiger partial charge in [0.05, 0.1) is 5.69 Å². The SMILES string of the molecule is CCn1nc(C(F)F)cc1C(C)N. The fourth-order valence-corrected chi connectivity index (χ4v) is 1.18. The molecule has 1 aromatic rings. The maximum atomic E-state index is 12.2. The molecule has 1 heterocycles. The van der Waals surface area contributed by atoms with E-state index in [1.807, 2.05) is 6.92 Å². The van der Waals surface area contributed by atoms with Crippen molar-refractivity contribution in [3.63, 3.8) is 0 Å². The van der Waals surface area contributed by atoms with Crippen molar-refractivity contribution in [1.82, 2.24) is 9.78 Å². The number of halogens is 2. The molecule has 0 aliphatic rings. The number of nitrogens with two attached hydrogens (primary N) is 1. The van der Waals surface area contributed by atoms with Gasteiger partial charge in [-0.05, 0) is 19.9 Å². The van der Waals surface area contributed by atoms with E-state index < -0.39 is 6.43 Å². The Kier molecular flexibility index (Phi) is 2.98. The van der Waals surface area contributed by atoms with Gasteiger partial charge in [-0.15, -0.1) is 0 Å². The fraction of sp³-hybridized carbons (Fsp3) is 0.625. The number of hydrogen-bond donors (Lipinski definition) is 1. The summed E-state index contributed by atoms with van der Waals surface area (Å²) in [6, 6.07) is 1.10. The van der Waals surface area contributed by atoms with Gasteiger partial charge in [0, 0.05) is 12.6 Å². The average Bonchev–Trinajstić information content (AvgIpc) is 2.47. The lowest BCUT2D eigenvalue weighted by molar-refractivity contribution is 0.145. The summed E-state index contributed by atoms with van der Waals surface area (Å²) in [7, 11) is 0. The third-order valence-corrected chi connectivity index (χ3v) is 1.82. The highest BCUT2D eigenvalue weighted by molar-refractivity contribution is 5.14. The Balaban J connectivity index is 3.04. The van der Waals surface area contributed by atoms with Crippen LogP contribution in [0.4, 0.5) is 8.78 Å². The van der Waals surface area contributed by atoms with Crippen molar-refractivity contribution in [2.45, 2.75) is 32.9 Å². The van der Waals surface area contributed by atoms with E-state index in [0.717, 1.165) is 0 Å². The van der Waals surface area contributed by atoms with Crippen LogP contribution in [0.3, 0.4) is 0 Å². The lowest BCUT2D eigenvalue weighted by Crippen LogP contribution is -2.12. The Morgan fingerprint density at radius 1 is 1.62 bits per heavy atom. The van der Waals surface area contributed by atoms with Crippen LogP contribution in [0.25, 0.3) is 0 Å². The van der Waals surface area contributed by atoms with E-state index in [1.54, 1.807) is 6.92 Å². The summed E-state index contributed by atoms with van der Waals surface area (Å²) < 4.78 is 26.0. The van der Waals surface area contributed by atoms with E-state index in [0.29, 0.717) is 12.2 Å². The fourth-order valence-electron chi connectivity index (χ4n) is 1.18. The molecule has 74 valence electrons. The molecule has 0 aliphatic carbocycles. The minimum atomic E-state index is -2.52. The molecule has 1 aromatic heterocycles. The molecule has 3 nitrogen and oxygen atoms in total. The van der Waals surface area contributed by atoms with Gasteiger partial charge in [-0.25, -0.2) is 8.78 Å². The van der Waals surface area contributed by atoms with E-state index in [9.17, 15) is 8.78 Å². The topological polar surface area (TPSA) is 43.8 Å². The van der Waals surface area contributed by atoms with Gasteiger partial charge in [-0.3, -0.25) is 4.68 Å². The minimum Gasteiger partial charge on any atom is -0.323 e. The summed E-state index contributed by atoms with van der Waals surface area (Å²) in [5.41, 5.74) is 6.05. The van der Waals surface area contributed by atoms with Gasteiger partial charge in [0.15, 0.2) is 0 Å². The molecule has 13 heavy (non-hydrogen) atoms. The van der Waals surface area contributed by atoms with Gasteiger partial charge in [0.2, 0.25) is 0 Å². The average molecular weight is 189 g/mol. The standard InChI is InChI=1S/C8H13F2N3/c1-3-13-7(5(2)11)4-6(12-13)8(9)10/h4-5,8H,3,11H2,1-2H3. The largest absolute Gasteiger partial charge is 0.323 e. The molecule has 0 saturated heterocycles. The van der Waals surface area contributed by atoms with Gasteiger partial charge < -0.3 is 5.73 Å². The second-order valence-electron chi connectivity index (χ2n) is 2.90. The summed E-state index contributed by atoms with van der Waals surface area (Å²) >= 11 is 0. The third kappa shape index (κ3) is 2.03. The Morgan fingerprint density at radius 3 is 2.54 bits per heavy atom. The number of alkyl halides is 2. The molecular weight excluding hydrogens is 176 g/mol. The Bertz CT molecular complexity index is 281. The maximum Gasteiger partial charge on any atom is 0.282 e. The third-order valence-electron chi connectivity index (χ3n) is 1.82. The molecule has 0 saturated carbocycles. The molecule has 1 rings (SSSR count). The van der Waals surface area contributed by atoms with Crippen molar-refractivity contribution < 1.29 is 8.78 Å². The van der Waals surface area contributed by atoms with Crippen molar-refractivity contribution in [3.05, 3.63) is 17.5 Å². The van der Waals surface area contributed by atoms with Crippen LogP contribution in [0.15, 0.2) is 6.07 Å². The van der Waals surface area contributed by atoms with E-state index in [-0.39, 0.29) is 11.7 Å². The molecule has 0 spiro atoms. The van der Waals surface area contributed by atoms with E-state index in [4.69, 9.17) is 5.73 Å². The van der Waals surface area contributed by atoms with Crippen LogP contribution in [0, 0.1) is 0 Å². The second-order valence-corrected chi connectivity index (χ2v) is 2.90. The first-order valence-electron chi connectivity index (χ1n) is 4.17. The van der Waals surface area contributed by atoms with Crippen molar-refractivity contribution >= 4 is 0 Å². The molecule has 1 atom stereocenters. The van der Waals surface area contributed by atoms with Gasteiger partial charge in [-0.1, -0.05) is 0 Å². The molecule has 0 fully saturated rings. The Labute approximate surface area is 75.5 Å². The zero-order valence-electron chi connectivity index (χ0n) is 7.67. The number of aromatic nitrogens is 2. The highest BCUT2D eigenvalue weighted by atomic mass is 19.3. The molecule has 5 heteroatoms. The van der Waals surface area contributed by atoms with Gasteiger partial charge in [0.1, 0.15) is 5.69 Å². The molecule has 1 unspecified atom stereocenters. The van der Waals surface area contributed by atoms with E-state index in [1.165, 1.54) is 10.7 Å². The molecule has 2 N–H and O–H groups in total. The predicted octanol–water partition coefficient (Wildman–Crippen LogP) is 1.86. The summed E-state index contributed by atoms with van der Waals surface area (Å²) in [4.78, 5) is 0. The number of nitrogens with zero attached hydrogens (tertiary/aromatic N) is 2. The molecular formula is C8H13F2N3. The van der Waals surface area contributed by atoms with Crippen molar-refractivity contribution in [2.24, 2.45) is 5.73 Å². The van der Waals surface area contributed by atoms with Crippen LogP contribution >= 0.6 is 0 Å². The predicted molar refractivity (Wildman–Crippen MR) is 45.5 cm³/mol. The number of hydrogen-bond acceptors (Lipinski definition) is 2. The van der Waals surface area contributed by atoms with Crippen LogP contribution in [-0.4, -0.2) is 9.78 Å². The van der Waals surface area contributed by atoms with Gasteiger partial charge >= 0.3 is 0 Å². The van der Waals surface area contributed by atoms with Gasteiger partial charge in [0.25, 0.3) is 6.43 Å². The van der Waals surface area contributed by atoms with Crippen LogP contribution in [0.1, 0.15) is 37.7 Å². The van der Waals surface area contributed by atoms with Crippen LogP contribution in [0.2, 0.25) is 0 Å². The van der Waals surface area contributed by atoms with E-state index in [2.05, 4.69) is 5.10 Å². The van der Waals surface area contributed by atoms with Crippen LogP contribution < -0.4 is 5.73 Å². The Morgan fingerprint density at radius 2 is 2.23 bits per heavy atom. The van der Waals surface area contributed by atoms with Crippen molar-refractivity contribution in [1.29, 1.82) is 0 Å². The van der Waals surface area contributed by atoms with Crippen LogP contribution in [0.5, 0.6) is 0 Å². The number of rotatable bonds is 3. The minimum absolute atomic E-state index is 0.200. The molecule has 0 amide bonds. The summed E-state index contributed by atoms with van der Waals surface area (Å²) in [6.07, 6.45) is -2.52. The first kappa shape index (κ1) is 10.1. The number of aryl methyl sites for hydroxylation is 1. The quantitative estimate of drug-likeness (QED) is 0.788. The molecule has 0 aromatic carbocycles. The van der Waals surface area contributed by atoms with Crippen molar-refractivity contribution in [2.75, 3.05) is 0 Å². The molecule has 0 radical (unpaired) electrons. The zero-order chi connectivity index (χ0) is 10.0. The monoisotopic (exact) mass is 189 g/mol. The lowest BCUT2D eigenvalue weighted by Gasteiger charge is -2.06. The first-order chi connectivity index (χ1) is 6.06. The Hall–Kier alpha value is -0.970. The molecule has 0 aliphatic heterocycles. The van der Waals surface area contributed by atoms with Gasteiger partial charge in [-0.2, -0.15) is 5.10 Å². The molecule has 0 bridgehead atoms. The van der Waals surface area contributed by atoms with Crippen LogP contribution in [-0.2, 0) is 6.54 Å². The van der Waals surface area contributed by atoms with E-state index >= 15 is 0 Å². The normalized spacial score (nSPS) is 13.7. The lowest BCUT2D eigenvalue weighted by atomic mass is 10.2. The van der Waals surface area contributed by atoms with Crippen molar-refractivity contribution in [3.8, 4) is 0 Å². The summed E-state index contributed by atoms with van der Waals surface area (Å²) in [5.74, 6) is 0.